The molecular weight excluding hydrogens is 332 g/mol. The fourth-order valence-corrected chi connectivity index (χ4v) is 4.57. The van der Waals surface area contributed by atoms with Gasteiger partial charge in [-0.05, 0) is 49.8 Å². The highest BCUT2D eigenvalue weighted by molar-refractivity contribution is 7.17. The summed E-state index contributed by atoms with van der Waals surface area (Å²) in [7, 11) is 3.51. The molecule has 5 heteroatoms. The van der Waals surface area contributed by atoms with E-state index in [4.69, 9.17) is 0 Å². The summed E-state index contributed by atoms with van der Waals surface area (Å²) in [5, 5.41) is 3.67. The number of hydrogen-bond acceptors (Lipinski definition) is 3. The van der Waals surface area contributed by atoms with E-state index in [2.05, 4.69) is 12.2 Å². The topological polar surface area (TPSA) is 49.4 Å². The van der Waals surface area contributed by atoms with Crippen LogP contribution in [0.3, 0.4) is 0 Å². The van der Waals surface area contributed by atoms with Crippen molar-refractivity contribution in [1.29, 1.82) is 0 Å². The van der Waals surface area contributed by atoms with Crippen LogP contribution in [0.25, 0.3) is 0 Å². The molecule has 1 heterocycles. The third-order valence-corrected chi connectivity index (χ3v) is 5.84. The molecule has 2 amide bonds. The first-order valence-corrected chi connectivity index (χ1v) is 9.42. The van der Waals surface area contributed by atoms with Crippen molar-refractivity contribution < 1.29 is 9.59 Å². The van der Waals surface area contributed by atoms with Gasteiger partial charge in [0, 0.05) is 24.5 Å². The Bertz CT molecular complexity index is 806. The maximum Gasteiger partial charge on any atom is 0.256 e. The third kappa shape index (κ3) is 3.61. The van der Waals surface area contributed by atoms with Gasteiger partial charge in [-0.2, -0.15) is 0 Å². The van der Waals surface area contributed by atoms with Gasteiger partial charge in [0.15, 0.2) is 0 Å². The van der Waals surface area contributed by atoms with Gasteiger partial charge in [-0.3, -0.25) is 9.59 Å². The van der Waals surface area contributed by atoms with Gasteiger partial charge in [-0.1, -0.05) is 24.6 Å². The van der Waals surface area contributed by atoms with E-state index in [1.165, 1.54) is 4.88 Å². The Hall–Kier alpha value is -2.14. The van der Waals surface area contributed by atoms with Gasteiger partial charge in [-0.15, -0.1) is 11.3 Å². The van der Waals surface area contributed by atoms with Gasteiger partial charge >= 0.3 is 0 Å². The maximum absolute atomic E-state index is 12.7. The molecule has 0 radical (unpaired) electrons. The lowest BCUT2D eigenvalue weighted by Crippen LogP contribution is -2.25. The summed E-state index contributed by atoms with van der Waals surface area (Å²) < 4.78 is 0. The molecule has 0 aliphatic heterocycles. The zero-order valence-corrected chi connectivity index (χ0v) is 16.0. The highest BCUT2D eigenvalue weighted by Gasteiger charge is 2.29. The lowest BCUT2D eigenvalue weighted by atomic mass is 9.88. The number of nitrogens with one attached hydrogen (secondary N) is 1. The molecule has 0 spiro atoms. The number of fused-ring (bicyclic) bond motifs is 1. The van der Waals surface area contributed by atoms with Crippen LogP contribution in [0.2, 0.25) is 0 Å². The Morgan fingerprint density at radius 2 is 1.88 bits per heavy atom. The molecule has 2 aromatic rings. The van der Waals surface area contributed by atoms with Gasteiger partial charge < -0.3 is 10.2 Å². The molecule has 4 nitrogen and oxygen atoms in total. The number of hydrogen-bond donors (Lipinski definition) is 1. The minimum Gasteiger partial charge on any atom is -0.345 e. The van der Waals surface area contributed by atoms with Crippen molar-refractivity contribution in [2.45, 2.75) is 33.1 Å². The van der Waals surface area contributed by atoms with Crippen LogP contribution in [-0.2, 0) is 12.8 Å². The molecule has 132 valence electrons. The Kier molecular flexibility index (Phi) is 4.95. The molecule has 0 fully saturated rings. The SMILES string of the molecule is Cc1ccc(C(=O)Nc2sc3c(c2C(=O)N(C)C)CC[C@@H](C)C3)cc1. The average molecular weight is 356 g/mol. The van der Waals surface area contributed by atoms with Crippen molar-refractivity contribution in [3.63, 3.8) is 0 Å². The third-order valence-electron chi connectivity index (χ3n) is 4.67. The molecule has 1 aliphatic rings. The number of rotatable bonds is 3. The summed E-state index contributed by atoms with van der Waals surface area (Å²) in [4.78, 5) is 28.2. The van der Waals surface area contributed by atoms with Crippen molar-refractivity contribution in [3.05, 3.63) is 51.4 Å². The zero-order valence-electron chi connectivity index (χ0n) is 15.2. The number of aryl methyl sites for hydroxylation is 1. The van der Waals surface area contributed by atoms with Crippen LogP contribution in [0.5, 0.6) is 0 Å². The predicted molar refractivity (Wildman–Crippen MR) is 103 cm³/mol. The summed E-state index contributed by atoms with van der Waals surface area (Å²) >= 11 is 1.56. The first-order chi connectivity index (χ1) is 11.9. The zero-order chi connectivity index (χ0) is 18.1. The second-order valence-corrected chi connectivity index (χ2v) is 8.18. The molecular formula is C20H24N2O2S. The quantitative estimate of drug-likeness (QED) is 0.899. The van der Waals surface area contributed by atoms with Gasteiger partial charge in [-0.25, -0.2) is 0 Å². The highest BCUT2D eigenvalue weighted by atomic mass is 32.1. The lowest BCUT2D eigenvalue weighted by Gasteiger charge is -2.19. The monoisotopic (exact) mass is 356 g/mol. The van der Waals surface area contributed by atoms with Gasteiger partial charge in [0.25, 0.3) is 11.8 Å². The van der Waals surface area contributed by atoms with E-state index in [0.717, 1.165) is 30.4 Å². The molecule has 0 unspecified atom stereocenters. The number of amides is 2. The van der Waals surface area contributed by atoms with E-state index in [9.17, 15) is 9.59 Å². The Morgan fingerprint density at radius 3 is 2.52 bits per heavy atom. The van der Waals surface area contributed by atoms with Crippen LogP contribution in [-0.4, -0.2) is 30.8 Å². The number of thiophene rings is 1. The van der Waals surface area contributed by atoms with Crippen molar-refractivity contribution in [2.24, 2.45) is 5.92 Å². The molecule has 1 aromatic heterocycles. The fraction of sp³-hybridized carbons (Fsp3) is 0.400. The van der Waals surface area contributed by atoms with Gasteiger partial charge in [0.1, 0.15) is 5.00 Å². The minimum atomic E-state index is -0.167. The molecule has 1 N–H and O–H groups in total. The van der Waals surface area contributed by atoms with E-state index in [-0.39, 0.29) is 11.8 Å². The van der Waals surface area contributed by atoms with Crippen molar-refractivity contribution >= 4 is 28.2 Å². The van der Waals surface area contributed by atoms with E-state index < -0.39 is 0 Å². The van der Waals surface area contributed by atoms with Crippen molar-refractivity contribution in [1.82, 2.24) is 4.90 Å². The molecule has 3 rings (SSSR count). The summed E-state index contributed by atoms with van der Waals surface area (Å²) in [5.74, 6) is 0.416. The van der Waals surface area contributed by atoms with Gasteiger partial charge in [0.05, 0.1) is 5.56 Å². The first kappa shape index (κ1) is 17.7. The number of nitrogens with zero attached hydrogens (tertiary/aromatic N) is 1. The molecule has 1 aliphatic carbocycles. The predicted octanol–water partition coefficient (Wildman–Crippen LogP) is 4.14. The van der Waals surface area contributed by atoms with Crippen molar-refractivity contribution in [3.8, 4) is 0 Å². The van der Waals surface area contributed by atoms with E-state index >= 15 is 0 Å². The molecule has 0 saturated carbocycles. The summed E-state index contributed by atoms with van der Waals surface area (Å²) in [6.07, 6.45) is 2.97. The Labute approximate surface area is 152 Å². The molecule has 0 saturated heterocycles. The largest absolute Gasteiger partial charge is 0.345 e. The van der Waals surface area contributed by atoms with Crippen LogP contribution in [0.15, 0.2) is 24.3 Å². The molecule has 1 atom stereocenters. The van der Waals surface area contributed by atoms with Crippen LogP contribution >= 0.6 is 11.3 Å². The van der Waals surface area contributed by atoms with Crippen molar-refractivity contribution in [2.75, 3.05) is 19.4 Å². The Morgan fingerprint density at radius 1 is 1.20 bits per heavy atom. The average Bonchev–Trinajstić information content (AvgIpc) is 2.91. The second kappa shape index (κ2) is 7.00. The van der Waals surface area contributed by atoms with Gasteiger partial charge in [0.2, 0.25) is 0 Å². The van der Waals surface area contributed by atoms with Crippen LogP contribution in [0, 0.1) is 12.8 Å². The Balaban J connectivity index is 1.96. The smallest absolute Gasteiger partial charge is 0.256 e. The van der Waals surface area contributed by atoms with E-state index in [0.29, 0.717) is 22.0 Å². The molecule has 0 bridgehead atoms. The highest BCUT2D eigenvalue weighted by Crippen LogP contribution is 2.40. The van der Waals surface area contributed by atoms with Crippen LogP contribution in [0.1, 0.15) is 50.1 Å². The number of carbonyl (C=O) groups excluding carboxylic acids is 2. The second-order valence-electron chi connectivity index (χ2n) is 7.08. The fourth-order valence-electron chi connectivity index (χ4n) is 3.17. The molecule has 25 heavy (non-hydrogen) atoms. The summed E-state index contributed by atoms with van der Waals surface area (Å²) in [6.45, 7) is 4.23. The summed E-state index contributed by atoms with van der Waals surface area (Å²) in [5.41, 5.74) is 3.52. The van der Waals surface area contributed by atoms with E-state index in [1.54, 1.807) is 30.3 Å². The number of anilines is 1. The first-order valence-electron chi connectivity index (χ1n) is 8.61. The molecule has 1 aromatic carbocycles. The van der Waals surface area contributed by atoms with Crippen LogP contribution < -0.4 is 5.32 Å². The maximum atomic E-state index is 12.7. The van der Waals surface area contributed by atoms with E-state index in [1.807, 2.05) is 31.2 Å². The number of carbonyl (C=O) groups is 2. The summed E-state index contributed by atoms with van der Waals surface area (Å²) in [6, 6.07) is 7.46. The number of benzene rings is 1. The normalized spacial score (nSPS) is 16.2. The minimum absolute atomic E-state index is 0.0359. The lowest BCUT2D eigenvalue weighted by molar-refractivity contribution is 0.0827. The standard InChI is InChI=1S/C20H24N2O2S/c1-12-5-8-14(9-6-12)18(23)21-19-17(20(24)22(3)4)15-10-7-13(2)11-16(15)25-19/h5-6,8-9,13H,7,10-11H2,1-4H3,(H,21,23)/t13-/m1/s1. The van der Waals surface area contributed by atoms with Crippen LogP contribution in [0.4, 0.5) is 5.00 Å².